The van der Waals surface area contributed by atoms with Gasteiger partial charge in [0.05, 0.1) is 16.8 Å². The van der Waals surface area contributed by atoms with Gasteiger partial charge in [-0.05, 0) is 90.2 Å². The van der Waals surface area contributed by atoms with Crippen LogP contribution in [-0.4, -0.2) is 41.7 Å². The van der Waals surface area contributed by atoms with E-state index >= 15 is 0 Å². The molecular weight excluding hydrogens is 612 g/mol. The van der Waals surface area contributed by atoms with E-state index in [9.17, 15) is 0 Å². The summed E-state index contributed by atoms with van der Waals surface area (Å²) in [6.45, 7) is 3.20. The number of rotatable bonds is 14. The van der Waals surface area contributed by atoms with Crippen LogP contribution in [0, 0.1) is 0 Å². The van der Waals surface area contributed by atoms with Crippen molar-refractivity contribution in [2.45, 2.75) is 80.5 Å². The molecule has 0 bridgehead atoms. The zero-order chi connectivity index (χ0) is 34.2. The number of benzene rings is 4. The summed E-state index contributed by atoms with van der Waals surface area (Å²) in [6.07, 6.45) is 7.26. The Morgan fingerprint density at radius 2 is 0.694 bits per heavy atom. The third-order valence-electron chi connectivity index (χ3n) is 11.3. The predicted octanol–water partition coefficient (Wildman–Crippen LogP) is 9.61. The highest BCUT2D eigenvalue weighted by molar-refractivity contribution is 5.64. The molecule has 6 heteroatoms. The Balaban J connectivity index is 1.16. The minimum absolute atomic E-state index is 0.0884. The van der Waals surface area contributed by atoms with Crippen LogP contribution in [0.4, 0.5) is 0 Å². The molecule has 0 amide bonds. The minimum atomic E-state index is -0.454. The molecule has 2 fully saturated rings. The van der Waals surface area contributed by atoms with E-state index in [0.717, 1.165) is 51.4 Å². The molecule has 2 aliphatic carbocycles. The smallest absolute Gasteiger partial charge is 0.147 e. The maximum atomic E-state index is 6.52. The third-order valence-corrected chi connectivity index (χ3v) is 11.3. The maximum absolute atomic E-state index is 6.52. The van der Waals surface area contributed by atoms with Crippen molar-refractivity contribution < 1.29 is 28.4 Å². The van der Waals surface area contributed by atoms with E-state index in [0.29, 0.717) is 6.79 Å². The summed E-state index contributed by atoms with van der Waals surface area (Å²) in [6, 6.07) is 39.3. The summed E-state index contributed by atoms with van der Waals surface area (Å²) >= 11 is 0. The van der Waals surface area contributed by atoms with Gasteiger partial charge in [-0.1, -0.05) is 116 Å². The highest BCUT2D eigenvalue weighted by Crippen LogP contribution is 2.51. The molecule has 260 valence electrons. The molecule has 4 aromatic rings. The first kappa shape index (κ1) is 35.5. The molecule has 2 aliphatic rings. The summed E-state index contributed by atoms with van der Waals surface area (Å²) in [7, 11) is 5.05. The van der Waals surface area contributed by atoms with Crippen LogP contribution in [0.3, 0.4) is 0 Å². The van der Waals surface area contributed by atoms with Gasteiger partial charge >= 0.3 is 0 Å². The fourth-order valence-corrected chi connectivity index (χ4v) is 8.13. The zero-order valence-electron chi connectivity index (χ0n) is 29.6. The van der Waals surface area contributed by atoms with Gasteiger partial charge in [0.1, 0.15) is 20.4 Å². The van der Waals surface area contributed by atoms with Gasteiger partial charge < -0.3 is 28.4 Å². The number of hydrogen-bond acceptors (Lipinski definition) is 6. The van der Waals surface area contributed by atoms with Crippen molar-refractivity contribution in [3.63, 3.8) is 0 Å². The third kappa shape index (κ3) is 7.56. The fourth-order valence-electron chi connectivity index (χ4n) is 8.13. The van der Waals surface area contributed by atoms with E-state index in [4.69, 9.17) is 28.4 Å². The van der Waals surface area contributed by atoms with E-state index < -0.39 is 11.2 Å². The molecule has 0 atom stereocenters. The molecule has 4 aromatic carbocycles. The van der Waals surface area contributed by atoms with Crippen molar-refractivity contribution in [1.82, 2.24) is 0 Å². The molecule has 0 radical (unpaired) electrons. The van der Waals surface area contributed by atoms with Crippen LogP contribution in [0.1, 0.15) is 80.5 Å². The van der Waals surface area contributed by atoms with Gasteiger partial charge in [-0.25, -0.2) is 0 Å². The van der Waals surface area contributed by atoms with E-state index in [1.165, 1.54) is 33.4 Å². The topological polar surface area (TPSA) is 55.4 Å². The van der Waals surface area contributed by atoms with Crippen LogP contribution < -0.4 is 0 Å². The van der Waals surface area contributed by atoms with E-state index in [1.807, 2.05) is 6.07 Å². The number of ether oxygens (including phenoxy) is 6. The summed E-state index contributed by atoms with van der Waals surface area (Å²) in [5, 5.41) is 0. The molecule has 0 spiro atoms. The molecule has 0 saturated heterocycles. The van der Waals surface area contributed by atoms with Gasteiger partial charge in [0.15, 0.2) is 0 Å². The lowest BCUT2D eigenvalue weighted by Gasteiger charge is -2.46. The average Bonchev–Trinajstić information content (AvgIpc) is 3.17. The Morgan fingerprint density at radius 1 is 0.388 bits per heavy atom. The van der Waals surface area contributed by atoms with Gasteiger partial charge in [-0.3, -0.25) is 0 Å². The van der Waals surface area contributed by atoms with Crippen LogP contribution in [0.15, 0.2) is 109 Å². The molecule has 6 nitrogen and oxygen atoms in total. The van der Waals surface area contributed by atoms with Crippen LogP contribution in [-0.2, 0) is 50.6 Å². The Bertz CT molecular complexity index is 1570. The molecule has 0 heterocycles. The minimum Gasteiger partial charge on any atom is -0.359 e. The Morgan fingerprint density at radius 3 is 1.04 bits per heavy atom. The Hall–Kier alpha value is -3.36. The van der Waals surface area contributed by atoms with Crippen LogP contribution >= 0.6 is 0 Å². The van der Waals surface area contributed by atoms with Crippen molar-refractivity contribution in [3.8, 4) is 11.1 Å². The first-order valence-electron chi connectivity index (χ1n) is 17.6. The highest BCUT2D eigenvalue weighted by atomic mass is 16.7. The van der Waals surface area contributed by atoms with Gasteiger partial charge in [0.2, 0.25) is 0 Å². The average molecular weight is 665 g/mol. The van der Waals surface area contributed by atoms with Gasteiger partial charge in [-0.15, -0.1) is 0 Å². The van der Waals surface area contributed by atoms with E-state index in [-0.39, 0.29) is 24.6 Å². The molecular formula is C43H52O6. The summed E-state index contributed by atoms with van der Waals surface area (Å²) in [5.74, 6) is 0. The molecule has 2 saturated carbocycles. The monoisotopic (exact) mass is 664 g/mol. The Kier molecular flexibility index (Phi) is 11.3. The largest absolute Gasteiger partial charge is 0.359 e. The lowest BCUT2D eigenvalue weighted by Crippen LogP contribution is -2.43. The van der Waals surface area contributed by atoms with Crippen LogP contribution in [0.25, 0.3) is 11.1 Å². The molecule has 0 aliphatic heterocycles. The van der Waals surface area contributed by atoms with Crippen molar-refractivity contribution in [1.29, 1.82) is 0 Å². The summed E-state index contributed by atoms with van der Waals surface area (Å²) in [5.41, 5.74) is 6.31. The van der Waals surface area contributed by atoms with E-state index in [2.05, 4.69) is 110 Å². The standard InChI is InChI=1S/C43H52O6/c1-40(23-25-41(26-24-40,47-31-44-2)37-11-7-5-8-12-37)36-19-15-34(16-20-36)35-17-21-39(22-18-35)43(49-33-46-4)29-27-42(28-30-43,48-32-45-3)38-13-9-6-10-14-38/h5-22H,23-33H2,1-4H3. The predicted molar refractivity (Wildman–Crippen MR) is 193 cm³/mol. The number of methoxy groups -OCH3 is 3. The van der Waals surface area contributed by atoms with Gasteiger partial charge in [0.25, 0.3) is 0 Å². The van der Waals surface area contributed by atoms with Crippen LogP contribution in [0.2, 0.25) is 0 Å². The van der Waals surface area contributed by atoms with Gasteiger partial charge in [0, 0.05) is 21.3 Å². The van der Waals surface area contributed by atoms with Gasteiger partial charge in [-0.2, -0.15) is 0 Å². The zero-order valence-corrected chi connectivity index (χ0v) is 29.6. The quantitative estimate of drug-likeness (QED) is 0.125. The van der Waals surface area contributed by atoms with Crippen molar-refractivity contribution >= 4 is 0 Å². The van der Waals surface area contributed by atoms with Crippen molar-refractivity contribution in [2.75, 3.05) is 41.7 Å². The molecule has 6 rings (SSSR count). The van der Waals surface area contributed by atoms with Crippen molar-refractivity contribution in [3.05, 3.63) is 131 Å². The maximum Gasteiger partial charge on any atom is 0.147 e. The first-order chi connectivity index (χ1) is 23.9. The van der Waals surface area contributed by atoms with Crippen molar-refractivity contribution in [2.24, 2.45) is 0 Å². The molecule has 0 N–H and O–H groups in total. The highest BCUT2D eigenvalue weighted by Gasteiger charge is 2.47. The first-order valence-corrected chi connectivity index (χ1v) is 17.6. The second-order valence-corrected chi connectivity index (χ2v) is 14.1. The summed E-state index contributed by atoms with van der Waals surface area (Å²) < 4.78 is 35.4. The second-order valence-electron chi connectivity index (χ2n) is 14.1. The van der Waals surface area contributed by atoms with Crippen LogP contribution in [0.5, 0.6) is 0 Å². The SMILES string of the molecule is COCOC1(c2ccccc2)CCC(C)(c2ccc(-c3ccc(C4(OCOC)CCC(OCOC)(c5ccccc5)CC4)cc3)cc2)CC1. The summed E-state index contributed by atoms with van der Waals surface area (Å²) in [4.78, 5) is 0. The normalized spacial score (nSPS) is 27.2. The number of hydrogen-bond donors (Lipinski definition) is 0. The molecule has 0 aromatic heterocycles. The van der Waals surface area contributed by atoms with E-state index in [1.54, 1.807) is 21.3 Å². The second kappa shape index (κ2) is 15.7. The molecule has 0 unspecified atom stereocenters. The lowest BCUT2D eigenvalue weighted by molar-refractivity contribution is -0.203. The lowest BCUT2D eigenvalue weighted by atomic mass is 9.64. The Labute approximate surface area is 292 Å². The fraction of sp³-hybridized carbons (Fsp3) is 0.442. The molecule has 49 heavy (non-hydrogen) atoms.